The summed E-state index contributed by atoms with van der Waals surface area (Å²) in [6, 6.07) is 9.98. The van der Waals surface area contributed by atoms with Gasteiger partial charge in [0.2, 0.25) is 0 Å². The molecule has 0 bridgehead atoms. The van der Waals surface area contributed by atoms with Crippen LogP contribution in [0.5, 0.6) is 0 Å². The first-order valence-electron chi connectivity index (χ1n) is 5.58. The molecule has 2 aromatic heterocycles. The predicted molar refractivity (Wildman–Crippen MR) is 79.8 cm³/mol. The molecule has 3 aromatic rings. The van der Waals surface area contributed by atoms with Gasteiger partial charge in [-0.1, -0.05) is 24.3 Å². The molecule has 3 rings (SSSR count). The smallest absolute Gasteiger partial charge is 0.0753 e. The fourth-order valence-electron chi connectivity index (χ4n) is 2.06. The van der Waals surface area contributed by atoms with Crippen molar-refractivity contribution in [2.75, 3.05) is 0 Å². The summed E-state index contributed by atoms with van der Waals surface area (Å²) in [5.41, 5.74) is 9.51. The van der Waals surface area contributed by atoms with Crippen molar-refractivity contribution in [1.82, 2.24) is 4.98 Å². The molecular weight excluding hydrogens is 308 g/mol. The molecule has 18 heavy (non-hydrogen) atoms. The van der Waals surface area contributed by atoms with E-state index in [9.17, 15) is 0 Å². The van der Waals surface area contributed by atoms with Crippen LogP contribution in [0, 0.1) is 0 Å². The average molecular weight is 319 g/mol. The minimum Gasteiger partial charge on any atom is -0.320 e. The van der Waals surface area contributed by atoms with Crippen LogP contribution in [0.4, 0.5) is 0 Å². The van der Waals surface area contributed by atoms with Crippen LogP contribution in [-0.4, -0.2) is 4.98 Å². The molecule has 0 spiro atoms. The molecule has 0 aliphatic heterocycles. The molecule has 0 radical (unpaired) electrons. The molecule has 0 saturated carbocycles. The van der Waals surface area contributed by atoms with Crippen LogP contribution in [0.25, 0.3) is 10.9 Å². The summed E-state index contributed by atoms with van der Waals surface area (Å²) in [5.74, 6) is 0. The van der Waals surface area contributed by atoms with Crippen LogP contribution in [-0.2, 0) is 0 Å². The normalized spacial score (nSPS) is 12.8. The van der Waals surface area contributed by atoms with Crippen molar-refractivity contribution in [2.24, 2.45) is 5.73 Å². The van der Waals surface area contributed by atoms with Crippen LogP contribution < -0.4 is 5.73 Å². The van der Waals surface area contributed by atoms with Gasteiger partial charge in [-0.2, -0.15) is 11.3 Å². The second-order valence-electron chi connectivity index (χ2n) is 4.08. The largest absolute Gasteiger partial charge is 0.320 e. The van der Waals surface area contributed by atoms with Gasteiger partial charge in [0, 0.05) is 21.4 Å². The molecule has 0 aliphatic carbocycles. The number of hydrogen-bond donors (Lipinski definition) is 1. The van der Waals surface area contributed by atoms with Gasteiger partial charge in [-0.25, -0.2) is 0 Å². The van der Waals surface area contributed by atoms with Crippen molar-refractivity contribution in [3.8, 4) is 0 Å². The maximum Gasteiger partial charge on any atom is 0.0753 e. The van der Waals surface area contributed by atoms with Gasteiger partial charge in [0.25, 0.3) is 0 Å². The number of nitrogens with two attached hydrogens (primary N) is 1. The number of pyridine rings is 1. The van der Waals surface area contributed by atoms with E-state index in [1.165, 1.54) is 0 Å². The third-order valence-electron chi connectivity index (χ3n) is 2.98. The fraction of sp³-hybridized carbons (Fsp3) is 0.0714. The molecule has 0 fully saturated rings. The number of rotatable bonds is 2. The van der Waals surface area contributed by atoms with E-state index in [4.69, 9.17) is 5.73 Å². The lowest BCUT2D eigenvalue weighted by atomic mass is 9.99. The van der Waals surface area contributed by atoms with Gasteiger partial charge in [0.1, 0.15) is 0 Å². The van der Waals surface area contributed by atoms with Crippen molar-refractivity contribution in [1.29, 1.82) is 0 Å². The molecule has 0 saturated heterocycles. The van der Waals surface area contributed by atoms with Crippen molar-refractivity contribution in [3.05, 3.63) is 62.9 Å². The molecule has 2 heterocycles. The Morgan fingerprint density at radius 3 is 2.72 bits per heavy atom. The van der Waals surface area contributed by atoms with E-state index in [0.29, 0.717) is 0 Å². The average Bonchev–Trinajstić information content (AvgIpc) is 2.83. The van der Waals surface area contributed by atoms with E-state index < -0.39 is 0 Å². The minimum absolute atomic E-state index is 0.149. The van der Waals surface area contributed by atoms with Crippen LogP contribution in [0.2, 0.25) is 0 Å². The third-order valence-corrected chi connectivity index (χ3v) is 4.73. The highest BCUT2D eigenvalue weighted by Crippen LogP contribution is 2.32. The Hall–Kier alpha value is -1.23. The summed E-state index contributed by atoms with van der Waals surface area (Å²) in [4.78, 5) is 4.45. The summed E-state index contributed by atoms with van der Waals surface area (Å²) in [7, 11) is 0. The number of benzene rings is 1. The third kappa shape index (κ3) is 1.96. The van der Waals surface area contributed by atoms with Crippen molar-refractivity contribution < 1.29 is 0 Å². The van der Waals surface area contributed by atoms with Gasteiger partial charge in [0.15, 0.2) is 0 Å². The molecule has 0 amide bonds. The van der Waals surface area contributed by atoms with Gasteiger partial charge in [-0.3, -0.25) is 4.98 Å². The van der Waals surface area contributed by atoms with Gasteiger partial charge in [0.05, 0.1) is 11.6 Å². The Bertz CT molecular complexity index is 688. The first-order chi connectivity index (χ1) is 8.77. The zero-order valence-electron chi connectivity index (χ0n) is 9.51. The number of fused-ring (bicyclic) bond motifs is 1. The first kappa shape index (κ1) is 11.8. The SMILES string of the molecule is NC(c1cscc1Br)c1cccc2cccnc12. The number of hydrogen-bond acceptors (Lipinski definition) is 3. The van der Waals surface area contributed by atoms with Crippen LogP contribution >= 0.6 is 27.3 Å². The number of aromatic nitrogens is 1. The molecule has 2 nitrogen and oxygen atoms in total. The minimum atomic E-state index is -0.149. The highest BCUT2D eigenvalue weighted by atomic mass is 79.9. The highest BCUT2D eigenvalue weighted by molar-refractivity contribution is 9.10. The first-order valence-corrected chi connectivity index (χ1v) is 7.32. The monoisotopic (exact) mass is 318 g/mol. The lowest BCUT2D eigenvalue weighted by Gasteiger charge is -2.13. The quantitative estimate of drug-likeness (QED) is 0.772. The van der Waals surface area contributed by atoms with Crippen molar-refractivity contribution in [2.45, 2.75) is 6.04 Å². The summed E-state index contributed by atoms with van der Waals surface area (Å²) >= 11 is 5.19. The Kier molecular flexibility index (Phi) is 3.16. The van der Waals surface area contributed by atoms with Crippen molar-refractivity contribution in [3.63, 3.8) is 0 Å². The second-order valence-corrected chi connectivity index (χ2v) is 5.67. The fourth-order valence-corrected chi connectivity index (χ4v) is 3.64. The van der Waals surface area contributed by atoms with Gasteiger partial charge in [-0.15, -0.1) is 0 Å². The predicted octanol–water partition coefficient (Wildman–Crippen LogP) is 4.11. The molecule has 90 valence electrons. The summed E-state index contributed by atoms with van der Waals surface area (Å²) in [6.07, 6.45) is 1.81. The van der Waals surface area contributed by atoms with Crippen LogP contribution in [0.3, 0.4) is 0 Å². The number of halogens is 1. The zero-order chi connectivity index (χ0) is 12.5. The topological polar surface area (TPSA) is 38.9 Å². The van der Waals surface area contributed by atoms with Crippen molar-refractivity contribution >= 4 is 38.2 Å². The zero-order valence-corrected chi connectivity index (χ0v) is 11.9. The van der Waals surface area contributed by atoms with E-state index in [1.807, 2.05) is 23.6 Å². The summed E-state index contributed by atoms with van der Waals surface area (Å²) in [5, 5.41) is 5.25. The molecule has 1 atom stereocenters. The van der Waals surface area contributed by atoms with E-state index in [0.717, 1.165) is 26.5 Å². The lowest BCUT2D eigenvalue weighted by Crippen LogP contribution is -2.12. The van der Waals surface area contributed by atoms with E-state index >= 15 is 0 Å². The molecule has 1 aromatic carbocycles. The molecule has 2 N–H and O–H groups in total. The summed E-state index contributed by atoms with van der Waals surface area (Å²) in [6.45, 7) is 0. The van der Waals surface area contributed by atoms with Crippen LogP contribution in [0.15, 0.2) is 51.8 Å². The molecule has 0 aliphatic rings. The van der Waals surface area contributed by atoms with E-state index in [-0.39, 0.29) is 6.04 Å². The number of thiophene rings is 1. The maximum absolute atomic E-state index is 6.36. The number of nitrogens with zero attached hydrogens (tertiary/aromatic N) is 1. The second kappa shape index (κ2) is 4.80. The summed E-state index contributed by atoms with van der Waals surface area (Å²) < 4.78 is 1.06. The Balaban J connectivity index is 2.18. The molecule has 4 heteroatoms. The lowest BCUT2D eigenvalue weighted by molar-refractivity contribution is 0.878. The molecule has 1 unspecified atom stereocenters. The Morgan fingerprint density at radius 2 is 1.94 bits per heavy atom. The van der Waals surface area contributed by atoms with Gasteiger partial charge >= 0.3 is 0 Å². The van der Waals surface area contributed by atoms with E-state index in [2.05, 4.69) is 38.4 Å². The van der Waals surface area contributed by atoms with E-state index in [1.54, 1.807) is 17.5 Å². The maximum atomic E-state index is 6.36. The Morgan fingerprint density at radius 1 is 1.11 bits per heavy atom. The standard InChI is InChI=1S/C14H11BrN2S/c15-12-8-18-7-11(12)13(16)10-5-1-3-9-4-2-6-17-14(9)10/h1-8,13H,16H2. The number of para-hydroxylation sites is 1. The van der Waals surface area contributed by atoms with Gasteiger partial charge in [-0.05, 0) is 38.5 Å². The Labute approximate surface area is 118 Å². The molecular formula is C14H11BrN2S. The highest BCUT2D eigenvalue weighted by Gasteiger charge is 2.15. The van der Waals surface area contributed by atoms with Crippen LogP contribution in [0.1, 0.15) is 17.2 Å². The van der Waals surface area contributed by atoms with Gasteiger partial charge < -0.3 is 5.73 Å².